The Morgan fingerprint density at radius 3 is 1.77 bits per heavy atom. The molecule has 0 radical (unpaired) electrons. The topological polar surface area (TPSA) is 3.24 Å². The average Bonchev–Trinajstić information content (AvgIpc) is 2.03. The first kappa shape index (κ1) is 13.0. The molecule has 0 amide bonds. The molecule has 1 nitrogen and oxygen atoms in total. The van der Waals surface area contributed by atoms with Gasteiger partial charge in [0.05, 0.1) is 0 Å². The van der Waals surface area contributed by atoms with Crippen molar-refractivity contribution in [3.63, 3.8) is 0 Å². The maximum absolute atomic E-state index is 2.52. The second-order valence-corrected chi connectivity index (χ2v) is 5.14. The molecule has 0 aromatic rings. The van der Waals surface area contributed by atoms with Crippen LogP contribution in [0.1, 0.15) is 54.4 Å². The van der Waals surface area contributed by atoms with Gasteiger partial charge in [-0.3, -0.25) is 4.90 Å². The maximum Gasteiger partial charge on any atom is 0.0125 e. The van der Waals surface area contributed by atoms with Crippen molar-refractivity contribution in [1.29, 1.82) is 0 Å². The van der Waals surface area contributed by atoms with E-state index in [1.54, 1.807) is 0 Å². The van der Waals surface area contributed by atoms with Gasteiger partial charge < -0.3 is 0 Å². The van der Waals surface area contributed by atoms with Crippen molar-refractivity contribution in [2.24, 2.45) is 5.92 Å². The monoisotopic (exact) mass is 185 g/mol. The Morgan fingerprint density at radius 2 is 1.54 bits per heavy atom. The van der Waals surface area contributed by atoms with Gasteiger partial charge in [-0.25, -0.2) is 0 Å². The van der Waals surface area contributed by atoms with Crippen molar-refractivity contribution in [2.45, 2.75) is 66.0 Å². The summed E-state index contributed by atoms with van der Waals surface area (Å²) in [6.07, 6.45) is 2.53. The summed E-state index contributed by atoms with van der Waals surface area (Å²) in [6.45, 7) is 13.8. The van der Waals surface area contributed by atoms with Crippen molar-refractivity contribution in [3.8, 4) is 0 Å². The van der Waals surface area contributed by atoms with Gasteiger partial charge in [-0.05, 0) is 40.2 Å². The molecule has 0 rings (SSSR count). The standard InChI is InChI=1S/C12H27N/c1-8-10(3)11(9-2)13(7)12(4,5)6/h10-11H,8-9H2,1-7H3. The second-order valence-electron chi connectivity index (χ2n) is 5.14. The highest BCUT2D eigenvalue weighted by atomic mass is 15.2. The molecular weight excluding hydrogens is 158 g/mol. The SMILES string of the molecule is CCC(C)C(CC)N(C)C(C)(C)C. The first-order valence-electron chi connectivity index (χ1n) is 5.57. The molecule has 0 spiro atoms. The van der Waals surface area contributed by atoms with Crippen LogP contribution >= 0.6 is 0 Å². The van der Waals surface area contributed by atoms with Gasteiger partial charge in [0.15, 0.2) is 0 Å². The Hall–Kier alpha value is -0.0400. The predicted octanol–water partition coefficient (Wildman–Crippen LogP) is 3.54. The lowest BCUT2D eigenvalue weighted by Crippen LogP contribution is -2.47. The molecule has 0 N–H and O–H groups in total. The van der Waals surface area contributed by atoms with E-state index in [-0.39, 0.29) is 0 Å². The van der Waals surface area contributed by atoms with Crippen LogP contribution in [-0.4, -0.2) is 23.5 Å². The summed E-state index contributed by atoms with van der Waals surface area (Å²) in [5.41, 5.74) is 0.296. The van der Waals surface area contributed by atoms with Gasteiger partial charge in [0.2, 0.25) is 0 Å². The molecular formula is C12H27N. The summed E-state index contributed by atoms with van der Waals surface area (Å²) in [5, 5.41) is 0. The van der Waals surface area contributed by atoms with Crippen molar-refractivity contribution in [1.82, 2.24) is 4.90 Å². The number of rotatable bonds is 4. The quantitative estimate of drug-likeness (QED) is 0.647. The molecule has 0 aliphatic carbocycles. The van der Waals surface area contributed by atoms with Crippen molar-refractivity contribution in [3.05, 3.63) is 0 Å². The van der Waals surface area contributed by atoms with E-state index in [0.29, 0.717) is 5.54 Å². The summed E-state index contributed by atoms with van der Waals surface area (Å²) in [7, 11) is 2.25. The van der Waals surface area contributed by atoms with Gasteiger partial charge in [0.25, 0.3) is 0 Å². The van der Waals surface area contributed by atoms with Crippen LogP contribution in [0.2, 0.25) is 0 Å². The zero-order valence-electron chi connectivity index (χ0n) is 10.5. The maximum atomic E-state index is 2.52. The summed E-state index contributed by atoms with van der Waals surface area (Å²) in [4.78, 5) is 2.52. The molecule has 80 valence electrons. The van der Waals surface area contributed by atoms with E-state index in [2.05, 4.69) is 53.5 Å². The zero-order chi connectivity index (χ0) is 10.6. The van der Waals surface area contributed by atoms with Gasteiger partial charge in [0, 0.05) is 11.6 Å². The Balaban J connectivity index is 4.40. The molecule has 0 bridgehead atoms. The first-order chi connectivity index (χ1) is 5.84. The fourth-order valence-electron chi connectivity index (χ4n) is 1.83. The van der Waals surface area contributed by atoms with Crippen molar-refractivity contribution < 1.29 is 0 Å². The van der Waals surface area contributed by atoms with Gasteiger partial charge in [-0.2, -0.15) is 0 Å². The van der Waals surface area contributed by atoms with E-state index >= 15 is 0 Å². The van der Waals surface area contributed by atoms with Crippen LogP contribution in [0, 0.1) is 5.92 Å². The smallest absolute Gasteiger partial charge is 0.0125 e. The number of hydrogen-bond acceptors (Lipinski definition) is 1. The van der Waals surface area contributed by atoms with Crippen LogP contribution < -0.4 is 0 Å². The third-order valence-corrected chi connectivity index (χ3v) is 3.27. The van der Waals surface area contributed by atoms with E-state index in [4.69, 9.17) is 0 Å². The molecule has 0 saturated carbocycles. The largest absolute Gasteiger partial charge is 0.298 e. The Kier molecular flexibility index (Phi) is 4.98. The van der Waals surface area contributed by atoms with E-state index in [1.165, 1.54) is 12.8 Å². The molecule has 0 aromatic heterocycles. The molecule has 2 atom stereocenters. The summed E-state index contributed by atoms with van der Waals surface area (Å²) >= 11 is 0. The molecule has 1 heteroatoms. The van der Waals surface area contributed by atoms with Crippen LogP contribution in [0.4, 0.5) is 0 Å². The fraction of sp³-hybridized carbons (Fsp3) is 1.00. The number of nitrogens with zero attached hydrogens (tertiary/aromatic N) is 1. The predicted molar refractivity (Wildman–Crippen MR) is 61.1 cm³/mol. The third kappa shape index (κ3) is 3.68. The van der Waals surface area contributed by atoms with Crippen LogP contribution in [0.25, 0.3) is 0 Å². The lowest BCUT2D eigenvalue weighted by atomic mass is 9.92. The van der Waals surface area contributed by atoms with E-state index in [1.807, 2.05) is 0 Å². The highest BCUT2D eigenvalue weighted by Crippen LogP contribution is 2.23. The minimum Gasteiger partial charge on any atom is -0.298 e. The molecule has 0 heterocycles. The average molecular weight is 185 g/mol. The normalized spacial score (nSPS) is 17.5. The van der Waals surface area contributed by atoms with Crippen molar-refractivity contribution in [2.75, 3.05) is 7.05 Å². The lowest BCUT2D eigenvalue weighted by Gasteiger charge is -2.41. The Labute approximate surface area is 84.5 Å². The Bertz CT molecular complexity index is 135. The van der Waals surface area contributed by atoms with Gasteiger partial charge in [0.1, 0.15) is 0 Å². The molecule has 13 heavy (non-hydrogen) atoms. The van der Waals surface area contributed by atoms with E-state index in [0.717, 1.165) is 12.0 Å². The van der Waals surface area contributed by atoms with Crippen LogP contribution in [-0.2, 0) is 0 Å². The van der Waals surface area contributed by atoms with Crippen LogP contribution in [0.3, 0.4) is 0 Å². The van der Waals surface area contributed by atoms with Crippen molar-refractivity contribution >= 4 is 0 Å². The van der Waals surface area contributed by atoms with Gasteiger partial charge >= 0.3 is 0 Å². The summed E-state index contributed by atoms with van der Waals surface area (Å²) in [6, 6.07) is 0.727. The molecule has 2 unspecified atom stereocenters. The summed E-state index contributed by atoms with van der Waals surface area (Å²) in [5.74, 6) is 0.800. The van der Waals surface area contributed by atoms with Gasteiger partial charge in [-0.1, -0.05) is 27.2 Å². The number of hydrogen-bond donors (Lipinski definition) is 0. The lowest BCUT2D eigenvalue weighted by molar-refractivity contribution is 0.0787. The zero-order valence-corrected chi connectivity index (χ0v) is 10.5. The van der Waals surface area contributed by atoms with Crippen LogP contribution in [0.5, 0.6) is 0 Å². The molecule has 0 fully saturated rings. The minimum atomic E-state index is 0.296. The van der Waals surface area contributed by atoms with E-state index < -0.39 is 0 Å². The fourth-order valence-corrected chi connectivity index (χ4v) is 1.83. The molecule has 0 aliphatic heterocycles. The Morgan fingerprint density at radius 1 is 1.08 bits per heavy atom. The molecule has 0 aromatic carbocycles. The first-order valence-corrected chi connectivity index (χ1v) is 5.57. The minimum absolute atomic E-state index is 0.296. The third-order valence-electron chi connectivity index (χ3n) is 3.27. The highest BCUT2D eigenvalue weighted by molar-refractivity contribution is 4.82. The highest BCUT2D eigenvalue weighted by Gasteiger charge is 2.26. The van der Waals surface area contributed by atoms with Gasteiger partial charge in [-0.15, -0.1) is 0 Å². The van der Waals surface area contributed by atoms with E-state index in [9.17, 15) is 0 Å². The van der Waals surface area contributed by atoms with Crippen LogP contribution in [0.15, 0.2) is 0 Å². The summed E-state index contributed by atoms with van der Waals surface area (Å²) < 4.78 is 0. The molecule has 0 saturated heterocycles. The second kappa shape index (κ2) is 4.99. The molecule has 0 aliphatic rings.